The first-order chi connectivity index (χ1) is 6.92. The van der Waals surface area contributed by atoms with Crippen molar-refractivity contribution in [2.45, 2.75) is 51.0 Å². The Morgan fingerprint density at radius 3 is 2.64 bits per heavy atom. The molecule has 14 heavy (non-hydrogen) atoms. The molecule has 3 atom stereocenters. The van der Waals surface area contributed by atoms with E-state index in [1.165, 1.54) is 44.9 Å². The predicted octanol–water partition coefficient (Wildman–Crippen LogP) is 2.64. The van der Waals surface area contributed by atoms with Crippen molar-refractivity contribution in [1.29, 1.82) is 0 Å². The Morgan fingerprint density at radius 1 is 1.00 bits per heavy atom. The summed E-state index contributed by atoms with van der Waals surface area (Å²) < 4.78 is 5.81. The van der Waals surface area contributed by atoms with Crippen LogP contribution in [0.1, 0.15) is 44.9 Å². The van der Waals surface area contributed by atoms with Crippen molar-refractivity contribution in [3.05, 3.63) is 0 Å². The molecule has 1 radical (unpaired) electrons. The summed E-state index contributed by atoms with van der Waals surface area (Å²) in [4.78, 5) is 0. The van der Waals surface area contributed by atoms with E-state index in [1.54, 1.807) is 0 Å². The molecule has 81 valence electrons. The SMILES string of the molecule is [NH]CCOC1CCCC2CCCCC21. The Kier molecular flexibility index (Phi) is 3.82. The number of rotatable bonds is 3. The summed E-state index contributed by atoms with van der Waals surface area (Å²) in [5, 5.41) is 0. The highest BCUT2D eigenvalue weighted by molar-refractivity contribution is 4.85. The zero-order valence-electron chi connectivity index (χ0n) is 9.00. The number of fused-ring (bicyclic) bond motifs is 1. The van der Waals surface area contributed by atoms with Crippen molar-refractivity contribution < 1.29 is 4.74 Å². The van der Waals surface area contributed by atoms with E-state index in [2.05, 4.69) is 0 Å². The fraction of sp³-hybridized carbons (Fsp3) is 1.00. The zero-order valence-corrected chi connectivity index (χ0v) is 9.00. The molecule has 2 aliphatic rings. The normalized spacial score (nSPS) is 37.9. The Bertz CT molecular complexity index is 170. The van der Waals surface area contributed by atoms with Crippen LogP contribution in [0.2, 0.25) is 0 Å². The summed E-state index contributed by atoms with van der Waals surface area (Å²) >= 11 is 0. The van der Waals surface area contributed by atoms with Crippen LogP contribution < -0.4 is 5.73 Å². The molecule has 0 saturated heterocycles. The molecule has 0 heterocycles. The topological polar surface area (TPSA) is 33.0 Å². The van der Waals surface area contributed by atoms with E-state index in [0.29, 0.717) is 19.3 Å². The van der Waals surface area contributed by atoms with Crippen molar-refractivity contribution >= 4 is 0 Å². The number of hydrogen-bond acceptors (Lipinski definition) is 1. The van der Waals surface area contributed by atoms with Gasteiger partial charge in [-0.1, -0.05) is 25.7 Å². The third-order valence-corrected chi connectivity index (χ3v) is 3.94. The van der Waals surface area contributed by atoms with E-state index in [4.69, 9.17) is 10.5 Å². The van der Waals surface area contributed by atoms with Crippen molar-refractivity contribution in [2.24, 2.45) is 11.8 Å². The summed E-state index contributed by atoms with van der Waals surface area (Å²) in [7, 11) is 0. The van der Waals surface area contributed by atoms with Gasteiger partial charge in [0.25, 0.3) is 0 Å². The molecular formula is C12H22NO. The lowest BCUT2D eigenvalue weighted by Crippen LogP contribution is -2.37. The smallest absolute Gasteiger partial charge is 0.0608 e. The van der Waals surface area contributed by atoms with E-state index < -0.39 is 0 Å². The van der Waals surface area contributed by atoms with Gasteiger partial charge in [0.2, 0.25) is 0 Å². The van der Waals surface area contributed by atoms with E-state index in [0.717, 1.165) is 11.8 Å². The molecule has 0 aliphatic heterocycles. The minimum absolute atomic E-state index is 0.424. The molecule has 2 rings (SSSR count). The molecule has 2 heteroatoms. The molecule has 1 N–H and O–H groups in total. The third-order valence-electron chi connectivity index (χ3n) is 3.94. The van der Waals surface area contributed by atoms with E-state index >= 15 is 0 Å². The first-order valence-corrected chi connectivity index (χ1v) is 6.18. The number of nitrogens with one attached hydrogen (secondary N) is 1. The minimum Gasteiger partial charge on any atom is -0.377 e. The Hall–Kier alpha value is -0.0800. The van der Waals surface area contributed by atoms with Gasteiger partial charge in [-0.3, -0.25) is 5.73 Å². The third kappa shape index (κ3) is 2.29. The van der Waals surface area contributed by atoms with Gasteiger partial charge in [0.15, 0.2) is 0 Å². The maximum atomic E-state index is 7.13. The minimum atomic E-state index is 0.424. The summed E-state index contributed by atoms with van der Waals surface area (Å²) in [6, 6.07) is 0. The van der Waals surface area contributed by atoms with E-state index in [-0.39, 0.29) is 0 Å². The van der Waals surface area contributed by atoms with Crippen LogP contribution in [0.3, 0.4) is 0 Å². The average molecular weight is 196 g/mol. The quantitative estimate of drug-likeness (QED) is 0.683. The summed E-state index contributed by atoms with van der Waals surface area (Å²) in [6.07, 6.45) is 10.2. The molecule has 0 aromatic rings. The van der Waals surface area contributed by atoms with Crippen LogP contribution in [0.5, 0.6) is 0 Å². The fourth-order valence-corrected chi connectivity index (χ4v) is 3.30. The van der Waals surface area contributed by atoms with Gasteiger partial charge in [0, 0.05) is 6.54 Å². The summed E-state index contributed by atoms with van der Waals surface area (Å²) in [6.45, 7) is 1.07. The van der Waals surface area contributed by atoms with Gasteiger partial charge < -0.3 is 4.74 Å². The summed E-state index contributed by atoms with van der Waals surface area (Å²) in [5.41, 5.74) is 7.13. The largest absolute Gasteiger partial charge is 0.377 e. The lowest BCUT2D eigenvalue weighted by atomic mass is 9.69. The van der Waals surface area contributed by atoms with Gasteiger partial charge >= 0.3 is 0 Å². The first kappa shape index (κ1) is 10.4. The van der Waals surface area contributed by atoms with E-state index in [1.807, 2.05) is 0 Å². The molecule has 3 unspecified atom stereocenters. The Balaban J connectivity index is 1.88. The Labute approximate surface area is 87.2 Å². The number of hydrogen-bond donors (Lipinski definition) is 0. The van der Waals surface area contributed by atoms with Crippen LogP contribution in [0, 0.1) is 11.8 Å². The maximum Gasteiger partial charge on any atom is 0.0608 e. The monoisotopic (exact) mass is 196 g/mol. The van der Waals surface area contributed by atoms with Crippen LogP contribution in [0.25, 0.3) is 0 Å². The lowest BCUT2D eigenvalue weighted by Gasteiger charge is -2.41. The molecule has 2 aliphatic carbocycles. The van der Waals surface area contributed by atoms with Crippen LogP contribution in [-0.4, -0.2) is 19.3 Å². The fourth-order valence-electron chi connectivity index (χ4n) is 3.30. The second-order valence-corrected chi connectivity index (χ2v) is 4.80. The van der Waals surface area contributed by atoms with Gasteiger partial charge in [-0.2, -0.15) is 0 Å². The van der Waals surface area contributed by atoms with Gasteiger partial charge in [-0.25, -0.2) is 0 Å². The molecule has 0 bridgehead atoms. The highest BCUT2D eigenvalue weighted by Crippen LogP contribution is 2.41. The van der Waals surface area contributed by atoms with Gasteiger partial charge in [0.1, 0.15) is 0 Å². The molecule has 2 nitrogen and oxygen atoms in total. The first-order valence-electron chi connectivity index (χ1n) is 6.18. The van der Waals surface area contributed by atoms with Crippen molar-refractivity contribution in [2.75, 3.05) is 13.2 Å². The standard InChI is InChI=1S/C12H22NO/c13-8-9-14-12-7-3-5-10-4-1-2-6-11(10)12/h10-13H,1-9H2. The molecule has 0 amide bonds. The average Bonchev–Trinajstić information content (AvgIpc) is 2.26. The van der Waals surface area contributed by atoms with Gasteiger partial charge in [-0.05, 0) is 31.1 Å². The summed E-state index contributed by atoms with van der Waals surface area (Å²) in [5.74, 6) is 1.79. The van der Waals surface area contributed by atoms with Crippen molar-refractivity contribution in [3.8, 4) is 0 Å². The highest BCUT2D eigenvalue weighted by atomic mass is 16.5. The second kappa shape index (κ2) is 5.13. The molecule has 0 spiro atoms. The maximum absolute atomic E-state index is 7.13. The highest BCUT2D eigenvalue weighted by Gasteiger charge is 2.35. The van der Waals surface area contributed by atoms with Crippen molar-refractivity contribution in [1.82, 2.24) is 5.73 Å². The Morgan fingerprint density at radius 2 is 1.79 bits per heavy atom. The predicted molar refractivity (Wildman–Crippen MR) is 57.0 cm³/mol. The van der Waals surface area contributed by atoms with Crippen LogP contribution >= 0.6 is 0 Å². The molecular weight excluding hydrogens is 174 g/mol. The molecule has 0 aromatic heterocycles. The van der Waals surface area contributed by atoms with Crippen LogP contribution in [-0.2, 0) is 4.74 Å². The lowest BCUT2D eigenvalue weighted by molar-refractivity contribution is -0.0440. The molecule has 0 aromatic carbocycles. The zero-order chi connectivity index (χ0) is 9.80. The van der Waals surface area contributed by atoms with Crippen LogP contribution in [0.4, 0.5) is 0 Å². The van der Waals surface area contributed by atoms with Crippen LogP contribution in [0.15, 0.2) is 0 Å². The van der Waals surface area contributed by atoms with Gasteiger partial charge in [-0.15, -0.1) is 0 Å². The number of ether oxygens (including phenoxy) is 1. The second-order valence-electron chi connectivity index (χ2n) is 4.80. The molecule has 2 saturated carbocycles. The van der Waals surface area contributed by atoms with Crippen molar-refractivity contribution in [3.63, 3.8) is 0 Å². The molecule has 2 fully saturated rings. The van der Waals surface area contributed by atoms with E-state index in [9.17, 15) is 0 Å². The van der Waals surface area contributed by atoms with Gasteiger partial charge in [0.05, 0.1) is 12.7 Å².